The van der Waals surface area contributed by atoms with E-state index in [0.29, 0.717) is 10.7 Å². The first-order valence-corrected chi connectivity index (χ1v) is 8.32. The second kappa shape index (κ2) is 8.65. The molecule has 2 aromatic carbocycles. The number of aliphatic hydroxyl groups excluding tert-OH is 1. The van der Waals surface area contributed by atoms with Crippen LogP contribution in [-0.4, -0.2) is 35.0 Å². The Kier molecular flexibility index (Phi) is 6.56. The molecule has 0 saturated heterocycles. The summed E-state index contributed by atoms with van der Waals surface area (Å²) in [5, 5.41) is 12.2. The molecule has 0 bridgehead atoms. The van der Waals surface area contributed by atoms with Crippen LogP contribution < -0.4 is 5.32 Å². The van der Waals surface area contributed by atoms with Crippen molar-refractivity contribution in [3.63, 3.8) is 0 Å². The quantitative estimate of drug-likeness (QED) is 0.805. The van der Waals surface area contributed by atoms with Crippen molar-refractivity contribution in [2.24, 2.45) is 0 Å². The van der Waals surface area contributed by atoms with Gasteiger partial charge in [0.05, 0.1) is 17.3 Å². The van der Waals surface area contributed by atoms with Gasteiger partial charge in [-0.2, -0.15) is 0 Å². The Hall–Kier alpha value is -2.37. The van der Waals surface area contributed by atoms with Crippen molar-refractivity contribution < 1.29 is 14.7 Å². The van der Waals surface area contributed by atoms with Gasteiger partial charge in [0, 0.05) is 13.1 Å². The number of nitrogens with zero attached hydrogens (tertiary/aromatic N) is 1. The molecule has 0 aliphatic heterocycles. The van der Waals surface area contributed by atoms with Gasteiger partial charge in [0.15, 0.2) is 0 Å². The van der Waals surface area contributed by atoms with Crippen LogP contribution in [0.1, 0.15) is 16.7 Å². The van der Waals surface area contributed by atoms with Gasteiger partial charge in [0.1, 0.15) is 0 Å². The molecule has 0 fully saturated rings. The molecule has 2 aromatic rings. The number of benzene rings is 2. The minimum atomic E-state index is -0.779. The number of nitrogens with one attached hydrogen (secondary N) is 1. The number of halogens is 1. The van der Waals surface area contributed by atoms with Crippen molar-refractivity contribution in [2.45, 2.75) is 20.4 Å². The second-order valence-corrected chi connectivity index (χ2v) is 6.24. The molecule has 5 nitrogen and oxygen atoms in total. The van der Waals surface area contributed by atoms with E-state index in [0.717, 1.165) is 16.7 Å². The highest BCUT2D eigenvalue weighted by molar-refractivity contribution is 6.41. The molecule has 25 heavy (non-hydrogen) atoms. The Bertz CT molecular complexity index is 740. The van der Waals surface area contributed by atoms with Gasteiger partial charge < -0.3 is 15.3 Å². The fraction of sp³-hybridized carbons (Fsp3) is 0.263. The Labute approximate surface area is 152 Å². The number of aliphatic hydroxyl groups is 1. The summed E-state index contributed by atoms with van der Waals surface area (Å²) < 4.78 is 0. The van der Waals surface area contributed by atoms with E-state index in [4.69, 9.17) is 11.6 Å². The average molecular weight is 361 g/mol. The van der Waals surface area contributed by atoms with Crippen molar-refractivity contribution in [1.82, 2.24) is 4.90 Å². The highest BCUT2D eigenvalue weighted by Gasteiger charge is 2.23. The standard InChI is InChI=1S/C19H21ClN2O3/c1-13-10-14(2)17(16(20)11-13)21-18(24)19(25)22(8-9-23)12-15-6-4-3-5-7-15/h3-7,10-11,23H,8-9,12H2,1-2H3,(H,21,24). The predicted octanol–water partition coefficient (Wildman–Crippen LogP) is 2.92. The summed E-state index contributed by atoms with van der Waals surface area (Å²) in [6.07, 6.45) is 0. The van der Waals surface area contributed by atoms with Crippen molar-refractivity contribution in [1.29, 1.82) is 0 Å². The van der Waals surface area contributed by atoms with E-state index in [-0.39, 0.29) is 19.7 Å². The van der Waals surface area contributed by atoms with Gasteiger partial charge in [0.2, 0.25) is 0 Å². The van der Waals surface area contributed by atoms with Crippen molar-refractivity contribution in [2.75, 3.05) is 18.5 Å². The summed E-state index contributed by atoms with van der Waals surface area (Å²) in [5.41, 5.74) is 3.05. The summed E-state index contributed by atoms with van der Waals surface area (Å²) in [7, 11) is 0. The molecule has 2 rings (SSSR count). The molecule has 2 amide bonds. The number of carbonyl (C=O) groups is 2. The topological polar surface area (TPSA) is 69.6 Å². The van der Waals surface area contributed by atoms with Gasteiger partial charge in [-0.15, -0.1) is 0 Å². The Morgan fingerprint density at radius 2 is 1.84 bits per heavy atom. The summed E-state index contributed by atoms with van der Waals surface area (Å²) in [6.45, 7) is 3.80. The molecule has 0 aliphatic carbocycles. The summed E-state index contributed by atoms with van der Waals surface area (Å²) in [6, 6.07) is 12.9. The maximum atomic E-state index is 12.5. The van der Waals surface area contributed by atoms with Gasteiger partial charge >= 0.3 is 11.8 Å². The molecular formula is C19H21ClN2O3. The Balaban J connectivity index is 2.14. The fourth-order valence-electron chi connectivity index (χ4n) is 2.56. The molecule has 0 aromatic heterocycles. The van der Waals surface area contributed by atoms with E-state index in [9.17, 15) is 14.7 Å². The Morgan fingerprint density at radius 3 is 2.44 bits per heavy atom. The maximum absolute atomic E-state index is 12.5. The van der Waals surface area contributed by atoms with Gasteiger partial charge in [-0.25, -0.2) is 0 Å². The third kappa shape index (κ3) is 5.05. The highest BCUT2D eigenvalue weighted by Crippen LogP contribution is 2.27. The van der Waals surface area contributed by atoms with Crippen LogP contribution >= 0.6 is 11.6 Å². The smallest absolute Gasteiger partial charge is 0.313 e. The van der Waals surface area contributed by atoms with E-state index in [1.165, 1.54) is 4.90 Å². The minimum Gasteiger partial charge on any atom is -0.395 e. The number of rotatable bonds is 5. The largest absolute Gasteiger partial charge is 0.395 e. The molecule has 0 heterocycles. The Morgan fingerprint density at radius 1 is 1.16 bits per heavy atom. The zero-order valence-corrected chi connectivity index (χ0v) is 15.0. The molecule has 2 N–H and O–H groups in total. The van der Waals surface area contributed by atoms with Crippen LogP contribution in [0.5, 0.6) is 0 Å². The molecule has 6 heteroatoms. The zero-order valence-electron chi connectivity index (χ0n) is 14.3. The second-order valence-electron chi connectivity index (χ2n) is 5.83. The lowest BCUT2D eigenvalue weighted by molar-refractivity contribution is -0.143. The SMILES string of the molecule is Cc1cc(C)c(NC(=O)C(=O)N(CCO)Cc2ccccc2)c(Cl)c1. The summed E-state index contributed by atoms with van der Waals surface area (Å²) in [5.74, 6) is -1.49. The third-order valence-corrected chi connectivity index (χ3v) is 4.04. The van der Waals surface area contributed by atoms with Gasteiger partial charge in [-0.3, -0.25) is 9.59 Å². The van der Waals surface area contributed by atoms with Crippen molar-refractivity contribution >= 4 is 29.1 Å². The lowest BCUT2D eigenvalue weighted by atomic mass is 10.1. The molecule has 0 atom stereocenters. The number of carbonyl (C=O) groups excluding carboxylic acids is 2. The maximum Gasteiger partial charge on any atom is 0.313 e. The number of hydrogen-bond acceptors (Lipinski definition) is 3. The zero-order chi connectivity index (χ0) is 18.4. The van der Waals surface area contributed by atoms with E-state index in [1.54, 1.807) is 6.07 Å². The number of aryl methyl sites for hydroxylation is 2. The molecule has 0 unspecified atom stereocenters. The lowest BCUT2D eigenvalue weighted by Crippen LogP contribution is -2.41. The van der Waals surface area contributed by atoms with Crippen LogP contribution in [0.2, 0.25) is 5.02 Å². The normalized spacial score (nSPS) is 10.4. The summed E-state index contributed by atoms with van der Waals surface area (Å²) >= 11 is 6.17. The van der Waals surface area contributed by atoms with Crippen LogP contribution in [0.25, 0.3) is 0 Å². The minimum absolute atomic E-state index is 0.0712. The van der Waals surface area contributed by atoms with Crippen molar-refractivity contribution in [3.05, 3.63) is 64.2 Å². The summed E-state index contributed by atoms with van der Waals surface area (Å²) in [4.78, 5) is 26.2. The first-order valence-electron chi connectivity index (χ1n) is 7.94. The van der Waals surface area contributed by atoms with Crippen molar-refractivity contribution in [3.8, 4) is 0 Å². The molecule has 0 saturated carbocycles. The third-order valence-electron chi connectivity index (χ3n) is 3.74. The van der Waals surface area contributed by atoms with E-state index in [1.807, 2.05) is 50.2 Å². The number of amides is 2. The van der Waals surface area contributed by atoms with Crippen LogP contribution in [0.15, 0.2) is 42.5 Å². The highest BCUT2D eigenvalue weighted by atomic mass is 35.5. The van der Waals surface area contributed by atoms with E-state index in [2.05, 4.69) is 5.32 Å². The van der Waals surface area contributed by atoms with Gasteiger partial charge in [0.25, 0.3) is 0 Å². The monoisotopic (exact) mass is 360 g/mol. The molecule has 0 spiro atoms. The van der Waals surface area contributed by atoms with Gasteiger partial charge in [-0.1, -0.05) is 48.0 Å². The lowest BCUT2D eigenvalue weighted by Gasteiger charge is -2.21. The van der Waals surface area contributed by atoms with E-state index < -0.39 is 11.8 Å². The van der Waals surface area contributed by atoms with Crippen LogP contribution in [-0.2, 0) is 16.1 Å². The van der Waals surface area contributed by atoms with Crippen LogP contribution in [0, 0.1) is 13.8 Å². The predicted molar refractivity (Wildman–Crippen MR) is 98.5 cm³/mol. The molecular weight excluding hydrogens is 340 g/mol. The molecule has 132 valence electrons. The average Bonchev–Trinajstić information content (AvgIpc) is 2.57. The fourth-order valence-corrected chi connectivity index (χ4v) is 2.93. The molecule has 0 radical (unpaired) electrons. The van der Waals surface area contributed by atoms with Gasteiger partial charge in [-0.05, 0) is 36.6 Å². The van der Waals surface area contributed by atoms with E-state index >= 15 is 0 Å². The van der Waals surface area contributed by atoms with Crippen LogP contribution in [0.4, 0.5) is 5.69 Å². The first kappa shape index (κ1) is 19.0. The first-order chi connectivity index (χ1) is 11.9. The molecule has 0 aliphatic rings. The van der Waals surface area contributed by atoms with Crippen LogP contribution in [0.3, 0.4) is 0 Å². The number of anilines is 1. The number of hydrogen-bond donors (Lipinski definition) is 2.